The van der Waals surface area contributed by atoms with E-state index < -0.39 is 45.2 Å². The van der Waals surface area contributed by atoms with Gasteiger partial charge in [-0.1, -0.05) is 6.92 Å². The van der Waals surface area contributed by atoms with E-state index in [1.807, 2.05) is 0 Å². The van der Waals surface area contributed by atoms with Gasteiger partial charge < -0.3 is 5.11 Å². The van der Waals surface area contributed by atoms with E-state index in [1.165, 1.54) is 6.92 Å². The van der Waals surface area contributed by atoms with Crippen LogP contribution in [0.5, 0.6) is 0 Å². The van der Waals surface area contributed by atoms with Gasteiger partial charge in [-0.05, 0) is 55.7 Å². The summed E-state index contributed by atoms with van der Waals surface area (Å²) in [5, 5.41) is 9.19. The predicted molar refractivity (Wildman–Crippen MR) is 103 cm³/mol. The molecule has 0 heterocycles. The second-order valence-corrected chi connectivity index (χ2v) is 9.42. The summed E-state index contributed by atoms with van der Waals surface area (Å²) in [6, 6.07) is 0.200. The second-order valence-electron chi connectivity index (χ2n) is 7.75. The summed E-state index contributed by atoms with van der Waals surface area (Å²) in [6.07, 6.45) is -7.64. The molecular weight excluding hydrogens is 466 g/mol. The van der Waals surface area contributed by atoms with Crippen molar-refractivity contribution in [1.29, 1.82) is 0 Å². The first-order valence-electron chi connectivity index (χ1n) is 9.90. The number of amides is 1. The first kappa shape index (κ1) is 26.4. The lowest BCUT2D eigenvalue weighted by atomic mass is 9.82. The van der Waals surface area contributed by atoms with E-state index in [-0.39, 0.29) is 49.7 Å². The third-order valence-corrected chi connectivity index (χ3v) is 6.98. The Hall–Kier alpha value is -1.86. The standard InChI is InChI=1S/C19H24F6N2O4S/c1-2-27(10-12-3-5-13(11-28)6-4-12)32(30,31)26-17(29)14-7-15(18(20,21)22)9-16(8-14)19(23,24)25/h7-9,12-13,28H,2-6,10-11H2,1H3,(H,26,29). The maximum Gasteiger partial charge on any atom is 0.416 e. The molecule has 0 aromatic heterocycles. The van der Waals surface area contributed by atoms with Gasteiger partial charge in [-0.15, -0.1) is 0 Å². The summed E-state index contributed by atoms with van der Waals surface area (Å²) >= 11 is 0. The number of carbonyl (C=O) groups is 1. The van der Waals surface area contributed by atoms with Crippen molar-refractivity contribution in [2.75, 3.05) is 19.7 Å². The van der Waals surface area contributed by atoms with Crippen molar-refractivity contribution in [2.45, 2.75) is 45.0 Å². The summed E-state index contributed by atoms with van der Waals surface area (Å²) in [5.74, 6) is -1.50. The van der Waals surface area contributed by atoms with Crippen molar-refractivity contribution >= 4 is 16.1 Å². The smallest absolute Gasteiger partial charge is 0.396 e. The van der Waals surface area contributed by atoms with Crippen LogP contribution in [0.15, 0.2) is 18.2 Å². The molecule has 1 fully saturated rings. The van der Waals surface area contributed by atoms with E-state index in [1.54, 1.807) is 4.72 Å². The van der Waals surface area contributed by atoms with Crippen molar-refractivity contribution in [1.82, 2.24) is 9.03 Å². The number of aliphatic hydroxyl groups is 1. The van der Waals surface area contributed by atoms with Crippen LogP contribution < -0.4 is 4.72 Å². The van der Waals surface area contributed by atoms with Crippen molar-refractivity contribution in [3.63, 3.8) is 0 Å². The fourth-order valence-corrected chi connectivity index (χ4v) is 4.84. The van der Waals surface area contributed by atoms with Crippen LogP contribution >= 0.6 is 0 Å². The third kappa shape index (κ3) is 6.82. The SMILES string of the molecule is CCN(CC1CCC(CO)CC1)S(=O)(=O)NC(=O)c1cc(C(F)(F)F)cc(C(F)(F)F)c1. The number of nitrogens with one attached hydrogen (secondary N) is 1. The Labute approximate surface area is 181 Å². The fraction of sp³-hybridized carbons (Fsp3) is 0.632. The van der Waals surface area contributed by atoms with Gasteiger partial charge in [-0.25, -0.2) is 4.72 Å². The Bertz CT molecular complexity index is 877. The van der Waals surface area contributed by atoms with Gasteiger partial charge in [0.25, 0.3) is 5.91 Å². The minimum absolute atomic E-state index is 0.0354. The number of hydrogen-bond donors (Lipinski definition) is 2. The molecule has 0 atom stereocenters. The summed E-state index contributed by atoms with van der Waals surface area (Å²) < 4.78 is 106. The number of halogens is 6. The van der Waals surface area contributed by atoms with Crippen LogP contribution in [0.3, 0.4) is 0 Å². The van der Waals surface area contributed by atoms with Gasteiger partial charge >= 0.3 is 22.6 Å². The zero-order chi connectivity index (χ0) is 24.3. The lowest BCUT2D eigenvalue weighted by Crippen LogP contribution is -2.45. The Balaban J connectivity index is 2.22. The number of carbonyl (C=O) groups excluding carboxylic acids is 1. The Morgan fingerprint density at radius 2 is 1.47 bits per heavy atom. The van der Waals surface area contributed by atoms with Crippen LogP contribution in [0.25, 0.3) is 0 Å². The summed E-state index contributed by atoms with van der Waals surface area (Å²) in [4.78, 5) is 12.3. The van der Waals surface area contributed by atoms with Gasteiger partial charge in [0.2, 0.25) is 0 Å². The molecule has 2 rings (SSSR count). The molecule has 1 aromatic rings. The highest BCUT2D eigenvalue weighted by Gasteiger charge is 2.38. The van der Waals surface area contributed by atoms with E-state index in [0.29, 0.717) is 25.7 Å². The van der Waals surface area contributed by atoms with E-state index in [9.17, 15) is 44.7 Å². The summed E-state index contributed by atoms with van der Waals surface area (Å²) in [7, 11) is -4.51. The molecular formula is C19H24F6N2O4S. The number of alkyl halides is 6. The van der Waals surface area contributed by atoms with Gasteiger partial charge in [0.05, 0.1) is 11.1 Å². The first-order valence-corrected chi connectivity index (χ1v) is 11.3. The highest BCUT2D eigenvalue weighted by atomic mass is 32.2. The highest BCUT2D eigenvalue weighted by Crippen LogP contribution is 2.36. The zero-order valence-corrected chi connectivity index (χ0v) is 17.9. The molecule has 1 amide bonds. The average Bonchev–Trinajstić information content (AvgIpc) is 2.70. The van der Waals surface area contributed by atoms with Gasteiger partial charge in [-0.2, -0.15) is 39.1 Å². The van der Waals surface area contributed by atoms with Crippen molar-refractivity contribution in [3.05, 3.63) is 34.9 Å². The number of rotatable bonds is 7. The van der Waals surface area contributed by atoms with E-state index in [2.05, 4.69) is 0 Å². The zero-order valence-electron chi connectivity index (χ0n) is 17.1. The maximum atomic E-state index is 13.0. The molecule has 182 valence electrons. The molecule has 0 aliphatic heterocycles. The molecule has 2 N–H and O–H groups in total. The van der Waals surface area contributed by atoms with E-state index >= 15 is 0 Å². The van der Waals surface area contributed by atoms with Crippen LogP contribution in [0.2, 0.25) is 0 Å². The fourth-order valence-electron chi connectivity index (χ4n) is 3.61. The van der Waals surface area contributed by atoms with Crippen LogP contribution in [-0.4, -0.2) is 43.4 Å². The molecule has 1 aliphatic rings. The lowest BCUT2D eigenvalue weighted by Gasteiger charge is -2.31. The third-order valence-electron chi connectivity index (χ3n) is 5.45. The monoisotopic (exact) mass is 490 g/mol. The van der Waals surface area contributed by atoms with Crippen LogP contribution in [0, 0.1) is 11.8 Å². The molecule has 6 nitrogen and oxygen atoms in total. The number of nitrogens with zero attached hydrogens (tertiary/aromatic N) is 1. The molecule has 0 unspecified atom stereocenters. The van der Waals surface area contributed by atoms with Gasteiger partial charge in [0.15, 0.2) is 0 Å². The van der Waals surface area contributed by atoms with Crippen molar-refractivity contribution in [2.24, 2.45) is 11.8 Å². The molecule has 0 bridgehead atoms. The summed E-state index contributed by atoms with van der Waals surface area (Å²) in [5.41, 5.74) is -4.51. The molecule has 0 radical (unpaired) electrons. The number of hydrogen-bond acceptors (Lipinski definition) is 4. The summed E-state index contributed by atoms with van der Waals surface area (Å²) in [6.45, 7) is 1.51. The molecule has 1 aliphatic carbocycles. The highest BCUT2D eigenvalue weighted by molar-refractivity contribution is 7.87. The van der Waals surface area contributed by atoms with Gasteiger partial charge in [0.1, 0.15) is 0 Å². The Kier molecular flexibility index (Phi) is 8.21. The van der Waals surface area contributed by atoms with Gasteiger partial charge in [-0.3, -0.25) is 4.79 Å². The van der Waals surface area contributed by atoms with Crippen LogP contribution in [-0.2, 0) is 22.6 Å². The normalized spacial score (nSPS) is 20.4. The topological polar surface area (TPSA) is 86.7 Å². The Morgan fingerprint density at radius 1 is 1.00 bits per heavy atom. The van der Waals surface area contributed by atoms with Crippen molar-refractivity contribution in [3.8, 4) is 0 Å². The minimum Gasteiger partial charge on any atom is -0.396 e. The molecule has 0 spiro atoms. The number of benzene rings is 1. The quantitative estimate of drug-likeness (QED) is 0.569. The maximum absolute atomic E-state index is 13.0. The predicted octanol–water partition coefficient (Wildman–Crippen LogP) is 3.82. The van der Waals surface area contributed by atoms with E-state index in [0.717, 1.165) is 4.31 Å². The largest absolute Gasteiger partial charge is 0.416 e. The number of aliphatic hydroxyl groups excluding tert-OH is 1. The Morgan fingerprint density at radius 3 is 1.88 bits per heavy atom. The molecule has 0 saturated heterocycles. The average molecular weight is 490 g/mol. The van der Waals surface area contributed by atoms with Gasteiger partial charge in [0, 0.05) is 25.3 Å². The molecule has 1 saturated carbocycles. The molecule has 13 heteroatoms. The lowest BCUT2D eigenvalue weighted by molar-refractivity contribution is -0.143. The van der Waals surface area contributed by atoms with Crippen LogP contribution in [0.1, 0.15) is 54.1 Å². The van der Waals surface area contributed by atoms with Crippen molar-refractivity contribution < 1.29 is 44.7 Å². The van der Waals surface area contributed by atoms with Crippen LogP contribution in [0.4, 0.5) is 26.3 Å². The molecule has 32 heavy (non-hydrogen) atoms. The van der Waals surface area contributed by atoms with E-state index in [4.69, 9.17) is 0 Å². The molecule has 1 aromatic carbocycles. The first-order chi connectivity index (χ1) is 14.7. The minimum atomic E-state index is -5.17. The second kappa shape index (κ2) is 9.96.